The molecule has 0 aliphatic carbocycles. The van der Waals surface area contributed by atoms with E-state index in [1.54, 1.807) is 4.90 Å². The molecule has 0 saturated carbocycles. The summed E-state index contributed by atoms with van der Waals surface area (Å²) in [6.07, 6.45) is 1.70. The Morgan fingerprint density at radius 1 is 1.17 bits per heavy atom. The summed E-state index contributed by atoms with van der Waals surface area (Å²) in [5.41, 5.74) is 2.22. The third kappa shape index (κ3) is 5.18. The van der Waals surface area contributed by atoms with Crippen molar-refractivity contribution in [3.8, 4) is 0 Å². The smallest absolute Gasteiger partial charge is 0.411 e. The van der Waals surface area contributed by atoms with Crippen LogP contribution in [0, 0.1) is 0 Å². The minimum atomic E-state index is -1.42. The second kappa shape index (κ2) is 10.5. The first-order chi connectivity index (χ1) is 16.8. The number of carbonyl (C=O) groups excluding carboxylic acids is 2. The van der Waals surface area contributed by atoms with Gasteiger partial charge in [0.05, 0.1) is 12.2 Å². The Morgan fingerprint density at radius 3 is 2.51 bits per heavy atom. The molecule has 0 unspecified atom stereocenters. The van der Waals surface area contributed by atoms with Crippen LogP contribution in [0.1, 0.15) is 35.6 Å². The normalized spacial score (nSPS) is 16.9. The van der Waals surface area contributed by atoms with Crippen LogP contribution >= 0.6 is 11.6 Å². The lowest BCUT2D eigenvalue weighted by molar-refractivity contribution is -0.145. The van der Waals surface area contributed by atoms with Crippen molar-refractivity contribution in [3.63, 3.8) is 0 Å². The quantitative estimate of drug-likeness (QED) is 0.576. The summed E-state index contributed by atoms with van der Waals surface area (Å²) in [6, 6.07) is 12.8. The fourth-order valence-corrected chi connectivity index (χ4v) is 4.86. The van der Waals surface area contributed by atoms with Gasteiger partial charge in [0, 0.05) is 18.1 Å². The SMILES string of the molecule is C=CCOC(=O)N(CC(=O)N1CCC2(CC1)OCc1ccccc12)[C@@H](C(=O)O)c1ccc(Cl)cc1. The van der Waals surface area contributed by atoms with Crippen LogP contribution in [0.15, 0.2) is 61.2 Å². The monoisotopic (exact) mass is 498 g/mol. The Hall–Kier alpha value is -3.36. The number of rotatable bonds is 7. The Labute approximate surface area is 208 Å². The molecule has 2 amide bonds. The molecule has 1 atom stereocenters. The number of hydrogen-bond acceptors (Lipinski definition) is 5. The van der Waals surface area contributed by atoms with Crippen LogP contribution in [-0.2, 0) is 31.3 Å². The standard InChI is InChI=1S/C26H27ClN2O6/c1-2-15-34-25(33)29(23(24(31)32)18-7-9-20(27)10-8-18)16-22(30)28-13-11-26(12-14-28)21-6-4-3-5-19(21)17-35-26/h2-10,23H,1,11-17H2,(H,31,32)/t23-/m1/s1. The molecule has 184 valence electrons. The van der Waals surface area contributed by atoms with Crippen LogP contribution < -0.4 is 0 Å². The summed E-state index contributed by atoms with van der Waals surface area (Å²) >= 11 is 5.94. The molecular weight excluding hydrogens is 472 g/mol. The number of carboxylic acids is 1. The van der Waals surface area contributed by atoms with Gasteiger partial charge in [0.2, 0.25) is 5.91 Å². The van der Waals surface area contributed by atoms with Gasteiger partial charge in [-0.05, 0) is 41.7 Å². The van der Waals surface area contributed by atoms with Crippen molar-refractivity contribution < 1.29 is 29.0 Å². The van der Waals surface area contributed by atoms with E-state index >= 15 is 0 Å². The van der Waals surface area contributed by atoms with Crippen LogP contribution in [-0.4, -0.2) is 59.1 Å². The van der Waals surface area contributed by atoms with Gasteiger partial charge >= 0.3 is 12.1 Å². The number of hydrogen-bond donors (Lipinski definition) is 1. The van der Waals surface area contributed by atoms with Crippen LogP contribution in [0.2, 0.25) is 5.02 Å². The summed E-state index contributed by atoms with van der Waals surface area (Å²) in [5.74, 6) is -1.65. The highest BCUT2D eigenvalue weighted by Crippen LogP contribution is 2.44. The largest absolute Gasteiger partial charge is 0.479 e. The second-order valence-corrected chi connectivity index (χ2v) is 9.04. The molecule has 1 saturated heterocycles. The number of ether oxygens (including phenoxy) is 2. The molecule has 2 aromatic carbocycles. The molecule has 1 fully saturated rings. The van der Waals surface area contributed by atoms with Gasteiger partial charge in [-0.15, -0.1) is 0 Å². The average molecular weight is 499 g/mol. The van der Waals surface area contributed by atoms with Crippen molar-refractivity contribution in [2.45, 2.75) is 31.1 Å². The highest BCUT2D eigenvalue weighted by molar-refractivity contribution is 6.30. The number of benzene rings is 2. The zero-order valence-corrected chi connectivity index (χ0v) is 19.9. The van der Waals surface area contributed by atoms with Crippen LogP contribution in [0.3, 0.4) is 0 Å². The third-order valence-electron chi connectivity index (χ3n) is 6.53. The van der Waals surface area contributed by atoms with Gasteiger partial charge in [-0.25, -0.2) is 9.59 Å². The fraction of sp³-hybridized carbons (Fsp3) is 0.346. The van der Waals surface area contributed by atoms with Crippen molar-refractivity contribution in [1.82, 2.24) is 9.80 Å². The third-order valence-corrected chi connectivity index (χ3v) is 6.78. The van der Waals surface area contributed by atoms with Crippen LogP contribution in [0.25, 0.3) is 0 Å². The number of piperidine rings is 1. The Morgan fingerprint density at radius 2 is 1.86 bits per heavy atom. The Bertz CT molecular complexity index is 1110. The molecule has 0 aromatic heterocycles. The van der Waals surface area contributed by atoms with E-state index in [1.807, 2.05) is 12.1 Å². The molecule has 0 radical (unpaired) electrons. The lowest BCUT2D eigenvalue weighted by Crippen LogP contribution is -2.50. The maximum atomic E-state index is 13.2. The predicted octanol–water partition coefficient (Wildman–Crippen LogP) is 4.14. The van der Waals surface area contributed by atoms with E-state index < -0.39 is 30.3 Å². The molecule has 4 rings (SSSR count). The topological polar surface area (TPSA) is 96.4 Å². The van der Waals surface area contributed by atoms with E-state index in [4.69, 9.17) is 21.1 Å². The van der Waals surface area contributed by atoms with Crippen molar-refractivity contribution in [1.29, 1.82) is 0 Å². The number of halogens is 1. The minimum absolute atomic E-state index is 0.112. The van der Waals surface area contributed by atoms with Gasteiger partial charge in [-0.1, -0.05) is 60.7 Å². The Kier molecular flexibility index (Phi) is 7.42. The van der Waals surface area contributed by atoms with E-state index in [9.17, 15) is 19.5 Å². The summed E-state index contributed by atoms with van der Waals surface area (Å²) < 4.78 is 11.3. The van der Waals surface area contributed by atoms with Gasteiger partial charge in [0.15, 0.2) is 6.04 Å². The minimum Gasteiger partial charge on any atom is -0.479 e. The number of carboxylic acid groups (broad SMARTS) is 1. The van der Waals surface area contributed by atoms with E-state index in [0.29, 0.717) is 43.1 Å². The van der Waals surface area contributed by atoms with Gasteiger partial charge in [0.1, 0.15) is 13.2 Å². The lowest BCUT2D eigenvalue weighted by atomic mass is 9.84. The number of fused-ring (bicyclic) bond motifs is 2. The number of carbonyl (C=O) groups is 3. The predicted molar refractivity (Wildman–Crippen MR) is 129 cm³/mol. The molecule has 1 N–H and O–H groups in total. The van der Waals surface area contributed by atoms with Gasteiger partial charge in [0.25, 0.3) is 0 Å². The summed E-state index contributed by atoms with van der Waals surface area (Å²) in [5, 5.41) is 10.4. The van der Waals surface area contributed by atoms with Gasteiger partial charge in [-0.2, -0.15) is 0 Å². The molecular formula is C26H27ClN2O6. The molecule has 2 aliphatic heterocycles. The van der Waals surface area contributed by atoms with E-state index in [0.717, 1.165) is 16.0 Å². The zero-order valence-electron chi connectivity index (χ0n) is 19.2. The van der Waals surface area contributed by atoms with Crippen molar-refractivity contribution in [3.05, 3.63) is 82.9 Å². The lowest BCUT2D eigenvalue weighted by Gasteiger charge is -2.40. The van der Waals surface area contributed by atoms with Crippen molar-refractivity contribution in [2.24, 2.45) is 0 Å². The summed E-state index contributed by atoms with van der Waals surface area (Å²) in [7, 11) is 0. The van der Waals surface area contributed by atoms with Crippen molar-refractivity contribution >= 4 is 29.6 Å². The molecule has 35 heavy (non-hydrogen) atoms. The molecule has 8 nitrogen and oxygen atoms in total. The molecule has 2 aromatic rings. The summed E-state index contributed by atoms with van der Waals surface area (Å²) in [4.78, 5) is 40.9. The number of aliphatic carboxylic acids is 1. The highest BCUT2D eigenvalue weighted by Gasteiger charge is 2.44. The maximum Gasteiger partial charge on any atom is 0.411 e. The molecule has 2 heterocycles. The second-order valence-electron chi connectivity index (χ2n) is 8.61. The summed E-state index contributed by atoms with van der Waals surface area (Å²) in [6.45, 7) is 4.37. The Balaban J connectivity index is 1.50. The molecule has 0 bridgehead atoms. The number of nitrogens with zero attached hydrogens (tertiary/aromatic N) is 2. The number of amides is 2. The van der Waals surface area contributed by atoms with Crippen LogP contribution in [0.4, 0.5) is 4.79 Å². The molecule has 2 aliphatic rings. The number of likely N-dealkylation sites (tertiary alicyclic amines) is 1. The first-order valence-corrected chi connectivity index (χ1v) is 11.7. The van der Waals surface area contributed by atoms with E-state index in [1.165, 1.54) is 30.3 Å². The van der Waals surface area contributed by atoms with Gasteiger partial charge in [-0.3, -0.25) is 9.69 Å². The maximum absolute atomic E-state index is 13.2. The van der Waals surface area contributed by atoms with E-state index in [2.05, 4.69) is 18.7 Å². The van der Waals surface area contributed by atoms with E-state index in [-0.39, 0.29) is 12.5 Å². The highest BCUT2D eigenvalue weighted by atomic mass is 35.5. The molecule has 1 spiro atoms. The van der Waals surface area contributed by atoms with Gasteiger partial charge < -0.3 is 19.5 Å². The fourth-order valence-electron chi connectivity index (χ4n) is 4.74. The first-order valence-electron chi connectivity index (χ1n) is 11.4. The first kappa shape index (κ1) is 24.8. The van der Waals surface area contributed by atoms with Crippen LogP contribution in [0.5, 0.6) is 0 Å². The average Bonchev–Trinajstić information content (AvgIpc) is 3.21. The van der Waals surface area contributed by atoms with Crippen molar-refractivity contribution in [2.75, 3.05) is 26.2 Å². The molecule has 9 heteroatoms. The zero-order chi connectivity index (χ0) is 25.0.